The molecule has 20 heavy (non-hydrogen) atoms. The SMILES string of the molecule is CC(=O)N[C@@H](CCCCN1CCC=C(C=O)C1)C(=O)O. The first-order valence-electron chi connectivity index (χ1n) is 6.89. The van der Waals surface area contributed by atoms with Crippen LogP contribution >= 0.6 is 0 Å². The van der Waals surface area contributed by atoms with Crippen LogP contribution in [0.25, 0.3) is 0 Å². The predicted octanol–water partition coefficient (Wildman–Crippen LogP) is 0.577. The Kier molecular flexibility index (Phi) is 6.93. The Hall–Kier alpha value is -1.69. The van der Waals surface area contributed by atoms with Gasteiger partial charge in [-0.2, -0.15) is 0 Å². The Morgan fingerprint density at radius 1 is 1.50 bits per heavy atom. The van der Waals surface area contributed by atoms with Gasteiger partial charge in [-0.25, -0.2) is 4.79 Å². The summed E-state index contributed by atoms with van der Waals surface area (Å²) in [5, 5.41) is 11.4. The smallest absolute Gasteiger partial charge is 0.326 e. The van der Waals surface area contributed by atoms with Crippen molar-refractivity contribution >= 4 is 18.2 Å². The molecule has 0 bridgehead atoms. The molecule has 1 heterocycles. The van der Waals surface area contributed by atoms with Gasteiger partial charge in [0.25, 0.3) is 0 Å². The van der Waals surface area contributed by atoms with Crippen LogP contribution < -0.4 is 5.32 Å². The monoisotopic (exact) mass is 282 g/mol. The number of hydrogen-bond donors (Lipinski definition) is 2. The molecule has 2 N–H and O–H groups in total. The minimum absolute atomic E-state index is 0.325. The molecule has 0 saturated carbocycles. The number of carbonyl (C=O) groups is 3. The number of amides is 1. The van der Waals surface area contributed by atoms with Crippen LogP contribution in [0.3, 0.4) is 0 Å². The fraction of sp³-hybridized carbons (Fsp3) is 0.643. The molecule has 0 radical (unpaired) electrons. The fourth-order valence-electron chi connectivity index (χ4n) is 2.30. The third kappa shape index (κ3) is 5.97. The van der Waals surface area contributed by atoms with Gasteiger partial charge in [-0.15, -0.1) is 0 Å². The van der Waals surface area contributed by atoms with Gasteiger partial charge in [-0.05, 0) is 32.2 Å². The van der Waals surface area contributed by atoms with Crippen LogP contribution in [0.1, 0.15) is 32.6 Å². The molecule has 1 atom stereocenters. The molecule has 112 valence electrons. The summed E-state index contributed by atoms with van der Waals surface area (Å²) in [6.45, 7) is 3.78. The number of carboxylic acids is 1. The summed E-state index contributed by atoms with van der Waals surface area (Å²) in [7, 11) is 0. The van der Waals surface area contributed by atoms with Gasteiger partial charge in [0.1, 0.15) is 12.3 Å². The Morgan fingerprint density at radius 3 is 2.85 bits per heavy atom. The zero-order valence-electron chi connectivity index (χ0n) is 11.8. The molecule has 0 unspecified atom stereocenters. The zero-order chi connectivity index (χ0) is 15.0. The molecule has 6 nitrogen and oxygen atoms in total. The molecule has 1 aliphatic heterocycles. The number of nitrogens with one attached hydrogen (secondary N) is 1. The summed E-state index contributed by atoms with van der Waals surface area (Å²) in [6, 6.07) is -0.806. The van der Waals surface area contributed by atoms with E-state index in [2.05, 4.69) is 10.2 Å². The Morgan fingerprint density at radius 2 is 2.25 bits per heavy atom. The Balaban J connectivity index is 2.23. The average molecular weight is 282 g/mol. The van der Waals surface area contributed by atoms with Gasteiger partial charge in [0.15, 0.2) is 0 Å². The van der Waals surface area contributed by atoms with E-state index in [1.165, 1.54) is 6.92 Å². The number of rotatable bonds is 8. The summed E-state index contributed by atoms with van der Waals surface area (Å²) in [4.78, 5) is 34.7. The van der Waals surface area contributed by atoms with Crippen LogP contribution in [-0.4, -0.2) is 53.8 Å². The lowest BCUT2D eigenvalue weighted by Gasteiger charge is -2.25. The zero-order valence-corrected chi connectivity index (χ0v) is 11.8. The van der Waals surface area contributed by atoms with E-state index >= 15 is 0 Å². The maximum absolute atomic E-state index is 10.9. The molecular weight excluding hydrogens is 260 g/mol. The second-order valence-electron chi connectivity index (χ2n) is 5.05. The first kappa shape index (κ1) is 16.4. The van der Waals surface area contributed by atoms with Crippen LogP contribution in [0.15, 0.2) is 11.6 Å². The van der Waals surface area contributed by atoms with Gasteiger partial charge in [0, 0.05) is 25.6 Å². The van der Waals surface area contributed by atoms with Crippen LogP contribution in [0.5, 0.6) is 0 Å². The average Bonchev–Trinajstić information content (AvgIpc) is 2.41. The van der Waals surface area contributed by atoms with Crippen molar-refractivity contribution in [1.82, 2.24) is 10.2 Å². The van der Waals surface area contributed by atoms with Gasteiger partial charge in [0.05, 0.1) is 0 Å². The number of nitrogens with zero attached hydrogens (tertiary/aromatic N) is 1. The van der Waals surface area contributed by atoms with Gasteiger partial charge < -0.3 is 10.4 Å². The van der Waals surface area contributed by atoms with Crippen molar-refractivity contribution in [2.24, 2.45) is 0 Å². The summed E-state index contributed by atoms with van der Waals surface area (Å²) in [5.41, 5.74) is 0.818. The highest BCUT2D eigenvalue weighted by Gasteiger charge is 2.18. The molecule has 1 aliphatic rings. The lowest BCUT2D eigenvalue weighted by Crippen LogP contribution is -2.39. The molecule has 0 fully saturated rings. The van der Waals surface area contributed by atoms with Crippen LogP contribution in [0, 0.1) is 0 Å². The van der Waals surface area contributed by atoms with Gasteiger partial charge in [-0.3, -0.25) is 14.5 Å². The quantitative estimate of drug-likeness (QED) is 0.502. The maximum Gasteiger partial charge on any atom is 0.326 e. The largest absolute Gasteiger partial charge is 0.480 e. The highest BCUT2D eigenvalue weighted by molar-refractivity contribution is 5.81. The molecule has 0 aromatic rings. The minimum atomic E-state index is -0.996. The minimum Gasteiger partial charge on any atom is -0.480 e. The summed E-state index contributed by atoms with van der Waals surface area (Å²) >= 11 is 0. The molecule has 0 aliphatic carbocycles. The highest BCUT2D eigenvalue weighted by Crippen LogP contribution is 2.10. The summed E-state index contributed by atoms with van der Waals surface area (Å²) < 4.78 is 0. The van der Waals surface area contributed by atoms with Crippen LogP contribution in [0.2, 0.25) is 0 Å². The predicted molar refractivity (Wildman–Crippen MR) is 74.3 cm³/mol. The second kappa shape index (κ2) is 8.47. The number of hydrogen-bond acceptors (Lipinski definition) is 4. The van der Waals surface area contributed by atoms with Gasteiger partial charge in [0.2, 0.25) is 5.91 Å². The lowest BCUT2D eigenvalue weighted by molar-refractivity contribution is -0.141. The highest BCUT2D eigenvalue weighted by atomic mass is 16.4. The third-order valence-corrected chi connectivity index (χ3v) is 3.30. The van der Waals surface area contributed by atoms with E-state index < -0.39 is 12.0 Å². The molecular formula is C14H22N2O4. The van der Waals surface area contributed by atoms with E-state index in [0.29, 0.717) is 13.0 Å². The number of aliphatic carboxylic acids is 1. The Bertz CT molecular complexity index is 393. The van der Waals surface area contributed by atoms with Crippen LogP contribution in [-0.2, 0) is 14.4 Å². The molecule has 1 amide bonds. The second-order valence-corrected chi connectivity index (χ2v) is 5.05. The third-order valence-electron chi connectivity index (χ3n) is 3.30. The van der Waals surface area contributed by atoms with Crippen molar-refractivity contribution in [2.75, 3.05) is 19.6 Å². The number of aldehydes is 1. The number of unbranched alkanes of at least 4 members (excludes halogenated alkanes) is 1. The maximum atomic E-state index is 10.9. The van der Waals surface area contributed by atoms with Crippen LogP contribution in [0.4, 0.5) is 0 Å². The summed E-state index contributed by atoms with van der Waals surface area (Å²) in [6.07, 6.45) is 5.75. The number of carboxylic acid groups (broad SMARTS) is 1. The van der Waals surface area contributed by atoms with E-state index in [0.717, 1.165) is 44.2 Å². The van der Waals surface area contributed by atoms with E-state index in [1.807, 2.05) is 6.08 Å². The van der Waals surface area contributed by atoms with E-state index in [1.54, 1.807) is 0 Å². The summed E-state index contributed by atoms with van der Waals surface area (Å²) in [5.74, 6) is -1.32. The fourth-order valence-corrected chi connectivity index (χ4v) is 2.30. The first-order valence-corrected chi connectivity index (χ1v) is 6.89. The van der Waals surface area contributed by atoms with E-state index in [9.17, 15) is 14.4 Å². The van der Waals surface area contributed by atoms with Crippen molar-refractivity contribution in [3.8, 4) is 0 Å². The van der Waals surface area contributed by atoms with E-state index in [-0.39, 0.29) is 5.91 Å². The molecule has 0 saturated heterocycles. The first-order chi connectivity index (χ1) is 9.52. The van der Waals surface area contributed by atoms with Crippen molar-refractivity contribution in [3.63, 3.8) is 0 Å². The van der Waals surface area contributed by atoms with Gasteiger partial charge in [-0.1, -0.05) is 6.08 Å². The molecule has 0 aromatic carbocycles. The van der Waals surface area contributed by atoms with Crippen molar-refractivity contribution in [2.45, 2.75) is 38.6 Å². The van der Waals surface area contributed by atoms with Crippen molar-refractivity contribution < 1.29 is 19.5 Å². The normalized spacial score (nSPS) is 17.1. The topological polar surface area (TPSA) is 86.7 Å². The molecule has 0 spiro atoms. The molecule has 1 rings (SSSR count). The molecule has 6 heteroatoms. The lowest BCUT2D eigenvalue weighted by atomic mass is 10.1. The van der Waals surface area contributed by atoms with E-state index in [4.69, 9.17) is 5.11 Å². The Labute approximate surface area is 118 Å². The molecule has 0 aromatic heterocycles. The number of carbonyl (C=O) groups excluding carboxylic acids is 2. The van der Waals surface area contributed by atoms with Gasteiger partial charge >= 0.3 is 5.97 Å². The standard InChI is InChI=1S/C14H22N2O4/c1-11(18)15-13(14(19)20)6-2-3-7-16-8-4-5-12(9-16)10-17/h5,10,13H,2-4,6-9H2,1H3,(H,15,18)(H,19,20)/t13-/m0/s1. The van der Waals surface area contributed by atoms with Crippen molar-refractivity contribution in [1.29, 1.82) is 0 Å². The van der Waals surface area contributed by atoms with Crippen molar-refractivity contribution in [3.05, 3.63) is 11.6 Å².